The topological polar surface area (TPSA) is 83.8 Å². The fourth-order valence-electron chi connectivity index (χ4n) is 2.56. The van der Waals surface area contributed by atoms with Gasteiger partial charge in [-0.15, -0.1) is 11.3 Å². The standard InChI is InChI=1S/C18H12FN4OS/c19-15-12(10-3-5-11(20)6-4-10)7-8-13-16(15)22-23-17(13)21-18(24)14-2-1-9-25-14/h1,3-9H,20H2,(H2,21,22,23,24). The highest BCUT2D eigenvalue weighted by Crippen LogP contribution is 2.31. The first-order valence-electron chi connectivity index (χ1n) is 7.42. The van der Waals surface area contributed by atoms with Gasteiger partial charge in [0, 0.05) is 22.7 Å². The van der Waals surface area contributed by atoms with Gasteiger partial charge in [0.15, 0.2) is 11.6 Å². The molecule has 0 unspecified atom stereocenters. The number of nitrogens with one attached hydrogen (secondary N) is 2. The summed E-state index contributed by atoms with van der Waals surface area (Å²) >= 11 is 1.27. The second kappa shape index (κ2) is 6.03. The number of fused-ring (bicyclic) bond motifs is 1. The molecule has 7 heteroatoms. The van der Waals surface area contributed by atoms with Crippen molar-refractivity contribution < 1.29 is 9.18 Å². The molecule has 1 radical (unpaired) electrons. The van der Waals surface area contributed by atoms with Crippen LogP contribution in [0.4, 0.5) is 15.9 Å². The first-order chi connectivity index (χ1) is 12.1. The minimum atomic E-state index is -0.432. The summed E-state index contributed by atoms with van der Waals surface area (Å²) in [6, 6.07) is 14.8. The maximum absolute atomic E-state index is 14.9. The molecule has 2 aromatic carbocycles. The summed E-state index contributed by atoms with van der Waals surface area (Å²) in [5, 5.41) is 11.6. The van der Waals surface area contributed by atoms with E-state index >= 15 is 0 Å². The lowest BCUT2D eigenvalue weighted by Crippen LogP contribution is -2.10. The SMILES string of the molecule is Nc1ccc(-c2ccc3c(NC(=O)c4[c]ccs4)n[nH]c3c2F)cc1. The number of nitrogens with two attached hydrogens (primary N) is 1. The van der Waals surface area contributed by atoms with E-state index in [4.69, 9.17) is 5.73 Å². The van der Waals surface area contributed by atoms with Crippen LogP contribution in [0.15, 0.2) is 47.8 Å². The molecular formula is C18H12FN4OS. The number of rotatable bonds is 3. The minimum absolute atomic E-state index is 0.236. The van der Waals surface area contributed by atoms with Crippen molar-refractivity contribution in [3.8, 4) is 11.1 Å². The van der Waals surface area contributed by atoms with E-state index in [0.717, 1.165) is 0 Å². The van der Waals surface area contributed by atoms with E-state index in [9.17, 15) is 9.18 Å². The molecule has 4 N–H and O–H groups in total. The highest BCUT2D eigenvalue weighted by molar-refractivity contribution is 7.12. The Balaban J connectivity index is 1.72. The van der Waals surface area contributed by atoms with Crippen molar-refractivity contribution in [1.29, 1.82) is 0 Å². The molecule has 0 aliphatic carbocycles. The molecule has 5 nitrogen and oxygen atoms in total. The largest absolute Gasteiger partial charge is 0.399 e. The zero-order valence-electron chi connectivity index (χ0n) is 12.8. The molecule has 0 aliphatic rings. The molecule has 0 saturated carbocycles. The lowest BCUT2D eigenvalue weighted by molar-refractivity contribution is 0.103. The summed E-state index contributed by atoms with van der Waals surface area (Å²) < 4.78 is 14.9. The molecule has 1 amide bonds. The molecule has 0 spiro atoms. The Morgan fingerprint density at radius 2 is 2.04 bits per heavy atom. The van der Waals surface area contributed by atoms with Crippen LogP contribution in [-0.4, -0.2) is 16.1 Å². The molecular weight excluding hydrogens is 339 g/mol. The lowest BCUT2D eigenvalue weighted by atomic mass is 10.0. The van der Waals surface area contributed by atoms with Gasteiger partial charge in [-0.3, -0.25) is 9.89 Å². The number of carbonyl (C=O) groups excluding carboxylic acids is 1. The molecule has 2 aromatic heterocycles. The highest BCUT2D eigenvalue weighted by Gasteiger charge is 2.17. The number of aromatic nitrogens is 2. The van der Waals surface area contributed by atoms with E-state index in [-0.39, 0.29) is 17.2 Å². The van der Waals surface area contributed by atoms with Gasteiger partial charge in [-0.05, 0) is 35.2 Å². The van der Waals surface area contributed by atoms with Crippen LogP contribution in [0.2, 0.25) is 0 Å². The average molecular weight is 351 g/mol. The van der Waals surface area contributed by atoms with Crippen LogP contribution in [0.3, 0.4) is 0 Å². The third-order valence-electron chi connectivity index (χ3n) is 3.80. The molecule has 0 atom stereocenters. The molecule has 2 heterocycles. The Kier molecular flexibility index (Phi) is 3.70. The van der Waals surface area contributed by atoms with Gasteiger partial charge in [0.1, 0.15) is 10.4 Å². The molecule has 0 aliphatic heterocycles. The molecule has 4 aromatic rings. The third-order valence-corrected chi connectivity index (χ3v) is 4.62. The Morgan fingerprint density at radius 3 is 2.76 bits per heavy atom. The van der Waals surface area contributed by atoms with Gasteiger partial charge in [-0.2, -0.15) is 5.10 Å². The second-order valence-electron chi connectivity index (χ2n) is 5.39. The Hall–Kier alpha value is -3.19. The maximum Gasteiger partial charge on any atom is 0.267 e. The van der Waals surface area contributed by atoms with E-state index in [1.165, 1.54) is 11.3 Å². The normalized spacial score (nSPS) is 10.9. The molecule has 0 bridgehead atoms. The monoisotopic (exact) mass is 351 g/mol. The van der Waals surface area contributed by atoms with Crippen molar-refractivity contribution >= 4 is 39.7 Å². The summed E-state index contributed by atoms with van der Waals surface area (Å²) in [6.45, 7) is 0. The van der Waals surface area contributed by atoms with E-state index in [0.29, 0.717) is 27.1 Å². The number of H-pyrrole nitrogens is 1. The maximum atomic E-state index is 14.9. The van der Waals surface area contributed by atoms with Gasteiger partial charge in [-0.1, -0.05) is 18.2 Å². The van der Waals surface area contributed by atoms with Crippen molar-refractivity contribution in [3.05, 3.63) is 64.6 Å². The number of carbonyl (C=O) groups is 1. The van der Waals surface area contributed by atoms with Crippen LogP contribution in [-0.2, 0) is 0 Å². The quantitative estimate of drug-likeness (QED) is 0.487. The molecule has 0 fully saturated rings. The predicted octanol–water partition coefficient (Wildman–Crippen LogP) is 4.07. The number of thiophene rings is 1. The smallest absolute Gasteiger partial charge is 0.267 e. The summed E-state index contributed by atoms with van der Waals surface area (Å²) in [5.74, 6) is -0.478. The van der Waals surface area contributed by atoms with Crippen molar-refractivity contribution in [3.63, 3.8) is 0 Å². The van der Waals surface area contributed by atoms with Crippen LogP contribution < -0.4 is 11.1 Å². The van der Waals surface area contributed by atoms with Gasteiger partial charge in [0.2, 0.25) is 0 Å². The van der Waals surface area contributed by atoms with Gasteiger partial charge in [0.25, 0.3) is 5.91 Å². The van der Waals surface area contributed by atoms with Gasteiger partial charge in [0.05, 0.1) is 0 Å². The Bertz CT molecular complexity index is 1050. The second-order valence-corrected chi connectivity index (χ2v) is 6.31. The van der Waals surface area contributed by atoms with E-state index in [2.05, 4.69) is 21.6 Å². The number of anilines is 2. The number of aromatic amines is 1. The summed E-state index contributed by atoms with van der Waals surface area (Å²) in [7, 11) is 0. The number of nitrogens with zero attached hydrogens (tertiary/aromatic N) is 1. The van der Waals surface area contributed by atoms with Crippen LogP contribution in [0.25, 0.3) is 22.0 Å². The van der Waals surface area contributed by atoms with Crippen molar-refractivity contribution in [1.82, 2.24) is 10.2 Å². The number of amides is 1. The summed E-state index contributed by atoms with van der Waals surface area (Å²) in [5.41, 5.74) is 7.66. The first kappa shape index (κ1) is 15.3. The van der Waals surface area contributed by atoms with Crippen molar-refractivity contribution in [2.45, 2.75) is 0 Å². The summed E-state index contributed by atoms with van der Waals surface area (Å²) in [6.07, 6.45) is 0. The summed E-state index contributed by atoms with van der Waals surface area (Å²) in [4.78, 5) is 12.6. The number of hydrogen-bond acceptors (Lipinski definition) is 4. The fourth-order valence-corrected chi connectivity index (χ4v) is 3.13. The Morgan fingerprint density at radius 1 is 1.24 bits per heavy atom. The number of halogens is 1. The number of nitrogen functional groups attached to an aromatic ring is 1. The third kappa shape index (κ3) is 2.74. The van der Waals surface area contributed by atoms with Crippen LogP contribution in [0.5, 0.6) is 0 Å². The zero-order chi connectivity index (χ0) is 17.4. The van der Waals surface area contributed by atoms with Crippen LogP contribution in [0.1, 0.15) is 9.67 Å². The predicted molar refractivity (Wildman–Crippen MR) is 97.0 cm³/mol. The lowest BCUT2D eigenvalue weighted by Gasteiger charge is -2.05. The van der Waals surface area contributed by atoms with Gasteiger partial charge >= 0.3 is 0 Å². The van der Waals surface area contributed by atoms with E-state index in [1.807, 2.05) is 0 Å². The number of hydrogen-bond donors (Lipinski definition) is 3. The van der Waals surface area contributed by atoms with Crippen molar-refractivity contribution in [2.75, 3.05) is 11.1 Å². The van der Waals surface area contributed by atoms with E-state index < -0.39 is 5.82 Å². The number of benzene rings is 2. The van der Waals surface area contributed by atoms with E-state index in [1.54, 1.807) is 47.8 Å². The first-order valence-corrected chi connectivity index (χ1v) is 8.30. The fraction of sp³-hybridized carbons (Fsp3) is 0. The molecule has 0 saturated heterocycles. The van der Waals surface area contributed by atoms with Crippen molar-refractivity contribution in [2.24, 2.45) is 0 Å². The van der Waals surface area contributed by atoms with Crippen LogP contribution >= 0.6 is 11.3 Å². The molecule has 25 heavy (non-hydrogen) atoms. The highest BCUT2D eigenvalue weighted by atomic mass is 32.1. The average Bonchev–Trinajstić information content (AvgIpc) is 3.27. The molecule has 4 rings (SSSR count). The molecule has 123 valence electrons. The van der Waals surface area contributed by atoms with Crippen LogP contribution in [0, 0.1) is 11.9 Å². The van der Waals surface area contributed by atoms with Gasteiger partial charge < -0.3 is 11.1 Å². The minimum Gasteiger partial charge on any atom is -0.399 e. The van der Waals surface area contributed by atoms with Gasteiger partial charge in [-0.25, -0.2) is 4.39 Å². The Labute approximate surface area is 146 Å². The zero-order valence-corrected chi connectivity index (χ0v) is 13.7.